The number of carbonyl (C=O) groups excluding carboxylic acids is 2. The highest BCUT2D eigenvalue weighted by atomic mass is 16.5. The van der Waals surface area contributed by atoms with Gasteiger partial charge in [0.25, 0.3) is 5.91 Å². The molecule has 2 N–H and O–H groups in total. The van der Waals surface area contributed by atoms with E-state index >= 15 is 0 Å². The molecule has 6 heteroatoms. The second kappa shape index (κ2) is 7.91. The number of hydrogen-bond donors (Lipinski definition) is 1. The van der Waals surface area contributed by atoms with Crippen LogP contribution in [-0.4, -0.2) is 37.0 Å². The van der Waals surface area contributed by atoms with Gasteiger partial charge < -0.3 is 20.1 Å². The van der Waals surface area contributed by atoms with Gasteiger partial charge in [0.1, 0.15) is 11.5 Å². The van der Waals surface area contributed by atoms with Crippen LogP contribution in [0, 0.1) is 0 Å². The van der Waals surface area contributed by atoms with E-state index in [9.17, 15) is 9.59 Å². The zero-order valence-corrected chi connectivity index (χ0v) is 14.7. The van der Waals surface area contributed by atoms with Crippen molar-refractivity contribution in [2.45, 2.75) is 18.9 Å². The summed E-state index contributed by atoms with van der Waals surface area (Å²) in [5.41, 5.74) is 6.68. The number of carbonyl (C=O) groups is 2. The van der Waals surface area contributed by atoms with Gasteiger partial charge in [-0.05, 0) is 54.8 Å². The number of likely N-dealkylation sites (tertiary alicyclic amines) is 1. The Bertz CT molecular complexity index is 789. The minimum absolute atomic E-state index is 0.0402. The van der Waals surface area contributed by atoms with Crippen molar-refractivity contribution >= 4 is 11.8 Å². The molecule has 2 amide bonds. The first-order valence-corrected chi connectivity index (χ1v) is 8.54. The van der Waals surface area contributed by atoms with E-state index in [1.807, 2.05) is 29.2 Å². The average Bonchev–Trinajstić information content (AvgIpc) is 3.16. The number of hydrogen-bond acceptors (Lipinski definition) is 4. The summed E-state index contributed by atoms with van der Waals surface area (Å²) in [5.74, 6) is 0.758. The van der Waals surface area contributed by atoms with Crippen molar-refractivity contribution < 1.29 is 19.1 Å². The summed E-state index contributed by atoms with van der Waals surface area (Å²) in [6, 6.07) is 14.3. The normalized spacial score (nSPS) is 16.3. The molecule has 2 aromatic carbocycles. The molecule has 1 aliphatic rings. The van der Waals surface area contributed by atoms with Crippen molar-refractivity contribution in [3.63, 3.8) is 0 Å². The lowest BCUT2D eigenvalue weighted by Gasteiger charge is -2.25. The predicted molar refractivity (Wildman–Crippen MR) is 97.1 cm³/mol. The molecular formula is C20H22N2O4. The molecule has 1 saturated heterocycles. The van der Waals surface area contributed by atoms with Crippen LogP contribution in [0.1, 0.15) is 34.8 Å². The van der Waals surface area contributed by atoms with E-state index < -0.39 is 5.91 Å². The molecule has 0 spiro atoms. The van der Waals surface area contributed by atoms with Crippen LogP contribution in [0.4, 0.5) is 0 Å². The van der Waals surface area contributed by atoms with Gasteiger partial charge >= 0.3 is 0 Å². The van der Waals surface area contributed by atoms with E-state index in [-0.39, 0.29) is 18.6 Å². The van der Waals surface area contributed by atoms with Crippen LogP contribution in [0.3, 0.4) is 0 Å². The fraction of sp³-hybridized carbons (Fsp3) is 0.300. The molecule has 0 saturated carbocycles. The Kier molecular flexibility index (Phi) is 5.41. The molecular weight excluding hydrogens is 332 g/mol. The maximum Gasteiger partial charge on any atom is 0.261 e. The average molecular weight is 354 g/mol. The van der Waals surface area contributed by atoms with Crippen molar-refractivity contribution in [3.8, 4) is 11.5 Å². The summed E-state index contributed by atoms with van der Waals surface area (Å²) >= 11 is 0. The zero-order chi connectivity index (χ0) is 18.5. The van der Waals surface area contributed by atoms with Gasteiger partial charge in [-0.2, -0.15) is 0 Å². The maximum absolute atomic E-state index is 12.6. The van der Waals surface area contributed by atoms with E-state index in [0.717, 1.165) is 24.2 Å². The molecule has 0 bridgehead atoms. The van der Waals surface area contributed by atoms with Crippen LogP contribution in [0.15, 0.2) is 48.5 Å². The highest BCUT2D eigenvalue weighted by molar-refractivity contribution is 5.92. The number of methoxy groups -OCH3 is 1. The first-order valence-electron chi connectivity index (χ1n) is 8.54. The molecule has 26 heavy (non-hydrogen) atoms. The van der Waals surface area contributed by atoms with E-state index in [1.54, 1.807) is 31.4 Å². The molecule has 1 unspecified atom stereocenters. The summed E-state index contributed by atoms with van der Waals surface area (Å²) in [6.07, 6.45) is 1.88. The van der Waals surface area contributed by atoms with Crippen LogP contribution < -0.4 is 15.2 Å². The van der Waals surface area contributed by atoms with Gasteiger partial charge in [0.15, 0.2) is 6.61 Å². The molecule has 1 atom stereocenters. The Morgan fingerprint density at radius 3 is 2.62 bits per heavy atom. The van der Waals surface area contributed by atoms with Crippen molar-refractivity contribution in [2.75, 3.05) is 20.3 Å². The van der Waals surface area contributed by atoms with Gasteiger partial charge in [0.2, 0.25) is 5.91 Å². The lowest BCUT2D eigenvalue weighted by molar-refractivity contribution is -0.134. The number of primary amides is 1. The van der Waals surface area contributed by atoms with Crippen LogP contribution >= 0.6 is 0 Å². The Labute approximate surface area is 152 Å². The summed E-state index contributed by atoms with van der Waals surface area (Å²) in [5, 5.41) is 0. The molecule has 136 valence electrons. The number of rotatable bonds is 6. The third-order valence-electron chi connectivity index (χ3n) is 4.55. The highest BCUT2D eigenvalue weighted by Crippen LogP contribution is 2.33. The number of nitrogens with two attached hydrogens (primary N) is 1. The minimum Gasteiger partial charge on any atom is -0.497 e. The first kappa shape index (κ1) is 17.8. The fourth-order valence-electron chi connectivity index (χ4n) is 3.20. The second-order valence-corrected chi connectivity index (χ2v) is 6.20. The highest BCUT2D eigenvalue weighted by Gasteiger charge is 2.30. The molecule has 2 aromatic rings. The summed E-state index contributed by atoms with van der Waals surface area (Å²) in [6.45, 7) is 0.668. The van der Waals surface area contributed by atoms with Crippen molar-refractivity contribution in [1.29, 1.82) is 0 Å². The standard InChI is InChI=1S/C20H22N2O4/c1-25-17-5-2-4-15(12-17)18-6-3-11-22(18)19(23)13-26-16-9-7-14(8-10-16)20(21)24/h2,4-5,7-10,12,18H,3,6,11,13H2,1H3,(H2,21,24). The Morgan fingerprint density at radius 1 is 1.15 bits per heavy atom. The molecule has 1 fully saturated rings. The monoisotopic (exact) mass is 354 g/mol. The van der Waals surface area contributed by atoms with E-state index in [0.29, 0.717) is 17.9 Å². The Morgan fingerprint density at radius 2 is 1.92 bits per heavy atom. The third-order valence-corrected chi connectivity index (χ3v) is 4.55. The maximum atomic E-state index is 12.6. The Hall–Kier alpha value is -3.02. The first-order chi connectivity index (χ1) is 12.6. The van der Waals surface area contributed by atoms with Crippen molar-refractivity contribution in [2.24, 2.45) is 5.73 Å². The summed E-state index contributed by atoms with van der Waals surface area (Å²) in [7, 11) is 1.63. The molecule has 3 rings (SSSR count). The smallest absolute Gasteiger partial charge is 0.261 e. The zero-order valence-electron chi connectivity index (χ0n) is 14.7. The predicted octanol–water partition coefficient (Wildman–Crippen LogP) is 2.54. The largest absolute Gasteiger partial charge is 0.497 e. The Balaban J connectivity index is 1.63. The van der Waals surface area contributed by atoms with E-state index in [4.69, 9.17) is 15.2 Å². The van der Waals surface area contributed by atoms with Crippen LogP contribution in [0.2, 0.25) is 0 Å². The number of benzene rings is 2. The fourth-order valence-corrected chi connectivity index (χ4v) is 3.20. The lowest BCUT2D eigenvalue weighted by Crippen LogP contribution is -2.34. The SMILES string of the molecule is COc1cccc(C2CCCN2C(=O)COc2ccc(C(N)=O)cc2)c1. The molecule has 0 radical (unpaired) electrons. The molecule has 0 aromatic heterocycles. The van der Waals surface area contributed by atoms with E-state index in [2.05, 4.69) is 0 Å². The molecule has 6 nitrogen and oxygen atoms in total. The number of nitrogens with zero attached hydrogens (tertiary/aromatic N) is 1. The third kappa shape index (κ3) is 3.96. The topological polar surface area (TPSA) is 81.9 Å². The van der Waals surface area contributed by atoms with Gasteiger partial charge in [-0.3, -0.25) is 9.59 Å². The van der Waals surface area contributed by atoms with Gasteiger partial charge in [-0.25, -0.2) is 0 Å². The van der Waals surface area contributed by atoms with Gasteiger partial charge in [-0.15, -0.1) is 0 Å². The van der Waals surface area contributed by atoms with Crippen LogP contribution in [-0.2, 0) is 4.79 Å². The van der Waals surface area contributed by atoms with E-state index in [1.165, 1.54) is 0 Å². The number of ether oxygens (including phenoxy) is 2. The van der Waals surface area contributed by atoms with Crippen molar-refractivity contribution in [3.05, 3.63) is 59.7 Å². The lowest BCUT2D eigenvalue weighted by atomic mass is 10.0. The van der Waals surface area contributed by atoms with Gasteiger partial charge in [0.05, 0.1) is 13.2 Å². The second-order valence-electron chi connectivity index (χ2n) is 6.20. The van der Waals surface area contributed by atoms with Gasteiger partial charge in [-0.1, -0.05) is 12.1 Å². The van der Waals surface area contributed by atoms with Crippen LogP contribution in [0.5, 0.6) is 11.5 Å². The van der Waals surface area contributed by atoms with Gasteiger partial charge in [0, 0.05) is 12.1 Å². The van der Waals surface area contributed by atoms with Crippen molar-refractivity contribution in [1.82, 2.24) is 4.90 Å². The number of amides is 2. The summed E-state index contributed by atoms with van der Waals surface area (Å²) < 4.78 is 10.9. The molecule has 0 aliphatic carbocycles. The minimum atomic E-state index is -0.495. The van der Waals surface area contributed by atoms with Crippen LogP contribution in [0.25, 0.3) is 0 Å². The molecule has 1 aliphatic heterocycles. The summed E-state index contributed by atoms with van der Waals surface area (Å²) in [4.78, 5) is 25.6. The quantitative estimate of drug-likeness (QED) is 0.864. The molecule has 1 heterocycles.